The van der Waals surface area contributed by atoms with Crippen LogP contribution in [0.3, 0.4) is 0 Å². The Bertz CT molecular complexity index is 370. The predicted octanol–water partition coefficient (Wildman–Crippen LogP) is 1.80. The van der Waals surface area contributed by atoms with E-state index in [1.54, 1.807) is 6.07 Å². The topological polar surface area (TPSA) is 32.7 Å². The lowest BCUT2D eigenvalue weighted by Gasteiger charge is -2.35. The van der Waals surface area contributed by atoms with Crippen LogP contribution in [0.5, 0.6) is 5.75 Å². The smallest absolute Gasteiger partial charge is 0.142 e. The number of anilines is 1. The monoisotopic (exact) mass is 225 g/mol. The molecule has 1 heterocycles. The van der Waals surface area contributed by atoms with Gasteiger partial charge < -0.3 is 14.7 Å². The molecule has 0 aliphatic carbocycles. The maximum Gasteiger partial charge on any atom is 0.142 e. The predicted molar refractivity (Wildman–Crippen MR) is 60.4 cm³/mol. The zero-order chi connectivity index (χ0) is 11.5. The van der Waals surface area contributed by atoms with Gasteiger partial charge in [0, 0.05) is 19.7 Å². The number of rotatable bonds is 3. The van der Waals surface area contributed by atoms with Gasteiger partial charge in [0.25, 0.3) is 0 Å². The van der Waals surface area contributed by atoms with Gasteiger partial charge in [-0.1, -0.05) is 0 Å². The molecular formula is C12H16FNO2. The van der Waals surface area contributed by atoms with Crippen LogP contribution in [0.2, 0.25) is 0 Å². The van der Waals surface area contributed by atoms with Gasteiger partial charge >= 0.3 is 0 Å². The van der Waals surface area contributed by atoms with Crippen LogP contribution in [0.1, 0.15) is 12.8 Å². The highest BCUT2D eigenvalue weighted by Crippen LogP contribution is 2.34. The number of benzene rings is 1. The van der Waals surface area contributed by atoms with Crippen LogP contribution < -0.4 is 9.64 Å². The van der Waals surface area contributed by atoms with Gasteiger partial charge in [-0.15, -0.1) is 0 Å². The van der Waals surface area contributed by atoms with Crippen LogP contribution >= 0.6 is 0 Å². The fourth-order valence-corrected chi connectivity index (χ4v) is 1.99. The Morgan fingerprint density at radius 2 is 2.38 bits per heavy atom. The number of nitrogens with zero attached hydrogens (tertiary/aromatic N) is 1. The summed E-state index contributed by atoms with van der Waals surface area (Å²) in [6, 6.07) is 4.76. The molecule has 2 rings (SSSR count). The molecule has 0 aromatic heterocycles. The second-order valence-electron chi connectivity index (χ2n) is 4.05. The standard InChI is InChI=1S/C12H16FNO2/c1-14-10(3-2-6-15)8-16-12-5-4-9(13)7-11(12)14/h4-5,7,10,15H,2-3,6,8H2,1H3. The summed E-state index contributed by atoms with van der Waals surface area (Å²) < 4.78 is 18.7. The lowest BCUT2D eigenvalue weighted by atomic mass is 10.1. The van der Waals surface area contributed by atoms with E-state index in [4.69, 9.17) is 9.84 Å². The number of hydrogen-bond donors (Lipinski definition) is 1. The molecule has 88 valence electrons. The average Bonchev–Trinajstić information content (AvgIpc) is 2.29. The Labute approximate surface area is 94.4 Å². The van der Waals surface area contributed by atoms with Crippen LogP contribution in [0, 0.1) is 5.82 Å². The highest BCUT2D eigenvalue weighted by Gasteiger charge is 2.24. The lowest BCUT2D eigenvalue weighted by molar-refractivity contribution is 0.236. The maximum absolute atomic E-state index is 13.1. The molecule has 0 saturated carbocycles. The van der Waals surface area contributed by atoms with Crippen LogP contribution in [-0.4, -0.2) is 31.4 Å². The van der Waals surface area contributed by atoms with Crippen molar-refractivity contribution in [3.63, 3.8) is 0 Å². The molecule has 0 radical (unpaired) electrons. The summed E-state index contributed by atoms with van der Waals surface area (Å²) in [5.74, 6) is 0.473. The fourth-order valence-electron chi connectivity index (χ4n) is 1.99. The van der Waals surface area contributed by atoms with E-state index in [1.807, 2.05) is 11.9 Å². The molecule has 0 spiro atoms. The minimum Gasteiger partial charge on any atom is -0.489 e. The van der Waals surface area contributed by atoms with Crippen LogP contribution in [0.25, 0.3) is 0 Å². The fraction of sp³-hybridized carbons (Fsp3) is 0.500. The van der Waals surface area contributed by atoms with E-state index in [1.165, 1.54) is 12.1 Å². The molecule has 0 fully saturated rings. The van der Waals surface area contributed by atoms with Crippen LogP contribution in [-0.2, 0) is 0 Å². The molecule has 0 bridgehead atoms. The van der Waals surface area contributed by atoms with Crippen LogP contribution in [0.15, 0.2) is 18.2 Å². The number of aliphatic hydroxyl groups is 1. The van der Waals surface area contributed by atoms with E-state index in [-0.39, 0.29) is 18.5 Å². The van der Waals surface area contributed by atoms with Crippen molar-refractivity contribution in [2.45, 2.75) is 18.9 Å². The Morgan fingerprint density at radius 3 is 3.12 bits per heavy atom. The lowest BCUT2D eigenvalue weighted by Crippen LogP contribution is -2.40. The summed E-state index contributed by atoms with van der Waals surface area (Å²) >= 11 is 0. The van der Waals surface area contributed by atoms with Gasteiger partial charge in [-0.3, -0.25) is 0 Å². The van der Waals surface area contributed by atoms with Crippen molar-refractivity contribution in [3.8, 4) is 5.75 Å². The summed E-state index contributed by atoms with van der Waals surface area (Å²) in [6.07, 6.45) is 1.59. The van der Waals surface area contributed by atoms with Crippen molar-refractivity contribution < 1.29 is 14.2 Å². The van der Waals surface area contributed by atoms with Crippen molar-refractivity contribution in [3.05, 3.63) is 24.0 Å². The van der Waals surface area contributed by atoms with Gasteiger partial charge in [0.05, 0.1) is 11.7 Å². The first-order valence-corrected chi connectivity index (χ1v) is 5.48. The summed E-state index contributed by atoms with van der Waals surface area (Å²) in [5, 5.41) is 8.80. The average molecular weight is 225 g/mol. The molecule has 1 aromatic rings. The Kier molecular flexibility index (Phi) is 3.29. The molecular weight excluding hydrogens is 209 g/mol. The number of likely N-dealkylation sites (N-methyl/N-ethyl adjacent to an activating group) is 1. The van der Waals surface area contributed by atoms with E-state index in [9.17, 15) is 4.39 Å². The number of aliphatic hydroxyl groups excluding tert-OH is 1. The Morgan fingerprint density at radius 1 is 1.56 bits per heavy atom. The van der Waals surface area contributed by atoms with Gasteiger partial charge in [0.1, 0.15) is 18.2 Å². The molecule has 0 saturated heterocycles. The second kappa shape index (κ2) is 4.70. The van der Waals surface area contributed by atoms with Gasteiger partial charge in [-0.2, -0.15) is 0 Å². The number of fused-ring (bicyclic) bond motifs is 1. The molecule has 1 atom stereocenters. The summed E-state index contributed by atoms with van der Waals surface area (Å²) in [7, 11) is 1.93. The quantitative estimate of drug-likeness (QED) is 0.851. The first-order chi connectivity index (χ1) is 7.72. The molecule has 1 aliphatic heterocycles. The molecule has 16 heavy (non-hydrogen) atoms. The second-order valence-corrected chi connectivity index (χ2v) is 4.05. The minimum absolute atomic E-state index is 0.181. The minimum atomic E-state index is -0.253. The molecule has 1 aromatic carbocycles. The SMILES string of the molecule is CN1c2cc(F)ccc2OCC1CCCO. The molecule has 1 unspecified atom stereocenters. The van der Waals surface area contributed by atoms with Gasteiger partial charge in [0.15, 0.2) is 0 Å². The van der Waals surface area contributed by atoms with Crippen molar-refractivity contribution in [1.29, 1.82) is 0 Å². The highest BCUT2D eigenvalue weighted by atomic mass is 19.1. The summed E-state index contributed by atoms with van der Waals surface area (Å²) in [5.41, 5.74) is 0.786. The Balaban J connectivity index is 2.17. The zero-order valence-corrected chi connectivity index (χ0v) is 9.32. The van der Waals surface area contributed by atoms with E-state index < -0.39 is 0 Å². The molecule has 3 nitrogen and oxygen atoms in total. The summed E-state index contributed by atoms with van der Waals surface area (Å²) in [4.78, 5) is 2.03. The molecule has 1 N–H and O–H groups in total. The maximum atomic E-state index is 13.1. The van der Waals surface area contributed by atoms with Crippen molar-refractivity contribution >= 4 is 5.69 Å². The normalized spacial score (nSPS) is 19.2. The zero-order valence-electron chi connectivity index (χ0n) is 9.32. The third-order valence-corrected chi connectivity index (χ3v) is 2.98. The first kappa shape index (κ1) is 11.2. The van der Waals surface area contributed by atoms with E-state index in [0.29, 0.717) is 6.61 Å². The third-order valence-electron chi connectivity index (χ3n) is 2.98. The van der Waals surface area contributed by atoms with Crippen molar-refractivity contribution in [1.82, 2.24) is 0 Å². The highest BCUT2D eigenvalue weighted by molar-refractivity contribution is 5.60. The van der Waals surface area contributed by atoms with E-state index >= 15 is 0 Å². The van der Waals surface area contributed by atoms with E-state index in [2.05, 4.69) is 0 Å². The largest absolute Gasteiger partial charge is 0.489 e. The third kappa shape index (κ3) is 2.11. The number of hydrogen-bond acceptors (Lipinski definition) is 3. The van der Waals surface area contributed by atoms with Crippen molar-refractivity contribution in [2.24, 2.45) is 0 Å². The summed E-state index contributed by atoms with van der Waals surface area (Å²) in [6.45, 7) is 0.773. The molecule has 0 amide bonds. The molecule has 4 heteroatoms. The van der Waals surface area contributed by atoms with Gasteiger partial charge in [-0.25, -0.2) is 4.39 Å². The van der Waals surface area contributed by atoms with Gasteiger partial charge in [-0.05, 0) is 25.0 Å². The molecule has 1 aliphatic rings. The Hall–Kier alpha value is -1.29. The van der Waals surface area contributed by atoms with E-state index in [0.717, 1.165) is 24.3 Å². The van der Waals surface area contributed by atoms with Gasteiger partial charge in [0.2, 0.25) is 0 Å². The van der Waals surface area contributed by atoms with Crippen LogP contribution in [0.4, 0.5) is 10.1 Å². The van der Waals surface area contributed by atoms with Crippen molar-refractivity contribution in [2.75, 3.05) is 25.2 Å². The number of halogens is 1. The number of ether oxygens (including phenoxy) is 1. The first-order valence-electron chi connectivity index (χ1n) is 5.48.